The van der Waals surface area contributed by atoms with Crippen LogP contribution < -0.4 is 10.1 Å². The van der Waals surface area contributed by atoms with Gasteiger partial charge in [0.1, 0.15) is 18.5 Å². The molecule has 1 aliphatic carbocycles. The average molecular weight is 314 g/mol. The number of benzene rings is 1. The highest BCUT2D eigenvalue weighted by atomic mass is 16.5. The molecule has 0 aliphatic heterocycles. The van der Waals surface area contributed by atoms with Crippen LogP contribution in [-0.2, 0) is 11.2 Å². The Bertz CT molecular complexity index is 669. The maximum Gasteiger partial charge on any atom is 0.119 e. The first-order chi connectivity index (χ1) is 13.2. The predicted octanol–water partition coefficient (Wildman–Crippen LogP) is 2.39. The van der Waals surface area contributed by atoms with Crippen LogP contribution in [0.2, 0.25) is 0 Å². The van der Waals surface area contributed by atoms with E-state index >= 15 is 0 Å². The first-order valence-electron chi connectivity index (χ1n) is 11.0. The minimum Gasteiger partial charge on any atom is -0.491 e. The molecule has 1 aromatic rings. The molecule has 0 amide bonds. The zero-order valence-corrected chi connectivity index (χ0v) is 13.1. The molecule has 4 nitrogen and oxygen atoms in total. The van der Waals surface area contributed by atoms with Crippen molar-refractivity contribution in [2.75, 3.05) is 26.3 Å². The van der Waals surface area contributed by atoms with Crippen LogP contribution in [0.15, 0.2) is 24.3 Å². The Morgan fingerprint density at radius 2 is 2.14 bits per heavy atom. The Hall–Kier alpha value is -1.10. The maximum atomic E-state index is 9.98. The van der Waals surface area contributed by atoms with Gasteiger partial charge in [0.15, 0.2) is 0 Å². The molecule has 0 radical (unpaired) electrons. The number of rotatable bonds is 11. The number of hydrogen-bond acceptors (Lipinski definition) is 4. The van der Waals surface area contributed by atoms with E-state index in [1.54, 1.807) is 38.1 Å². The van der Waals surface area contributed by atoms with Gasteiger partial charge in [-0.05, 0) is 42.8 Å². The number of ether oxygens (including phenoxy) is 2. The van der Waals surface area contributed by atoms with Crippen LogP contribution in [-0.4, -0.2) is 43.6 Å². The first-order valence-corrected chi connectivity index (χ1v) is 7.50. The summed E-state index contributed by atoms with van der Waals surface area (Å²) in [6.07, 6.45) is -5.24. The molecule has 1 saturated carbocycles. The molecular formula is C18H29NO3. The Labute approximate surface area is 143 Å². The molecule has 1 fully saturated rings. The van der Waals surface area contributed by atoms with Crippen LogP contribution in [0.5, 0.6) is 5.75 Å². The fourth-order valence-corrected chi connectivity index (χ4v) is 1.71. The lowest BCUT2D eigenvalue weighted by Crippen LogP contribution is -2.35. The Morgan fingerprint density at radius 1 is 1.41 bits per heavy atom. The predicted molar refractivity (Wildman–Crippen MR) is 88.3 cm³/mol. The van der Waals surface area contributed by atoms with Gasteiger partial charge in [0.25, 0.3) is 0 Å². The lowest BCUT2D eigenvalue weighted by atomic mass is 10.1. The fraction of sp³-hybridized carbons (Fsp3) is 0.667. The summed E-state index contributed by atoms with van der Waals surface area (Å²) in [5.74, 6) is -1.38. The Balaban J connectivity index is 1.74. The van der Waals surface area contributed by atoms with E-state index in [0.29, 0.717) is 12.2 Å². The van der Waals surface area contributed by atoms with E-state index in [1.165, 1.54) is 0 Å². The van der Waals surface area contributed by atoms with Crippen LogP contribution in [0, 0.1) is 5.89 Å². The summed E-state index contributed by atoms with van der Waals surface area (Å²) in [6.45, 7) is 1.33. The number of nitrogens with one attached hydrogen (secondary N) is 1. The Morgan fingerprint density at radius 3 is 2.77 bits per heavy atom. The maximum absolute atomic E-state index is 9.98. The van der Waals surface area contributed by atoms with E-state index in [4.69, 9.17) is 19.1 Å². The molecule has 0 aromatic heterocycles. The van der Waals surface area contributed by atoms with Gasteiger partial charge in [-0.1, -0.05) is 26.0 Å². The molecular weight excluding hydrogens is 278 g/mol. The van der Waals surface area contributed by atoms with E-state index < -0.39 is 31.2 Å². The molecule has 0 spiro atoms. The SMILES string of the molecule is [2H]C([2H])(NC(C)C)C(O)COc1ccc(CCOCC2([2H])C([2H])([2H])C2([2H])[2H])cc1. The smallest absolute Gasteiger partial charge is 0.119 e. The van der Waals surface area contributed by atoms with Crippen molar-refractivity contribution in [2.45, 2.75) is 45.2 Å². The zero-order chi connectivity index (χ0) is 22.1. The van der Waals surface area contributed by atoms with Gasteiger partial charge in [0.05, 0.1) is 6.61 Å². The monoisotopic (exact) mass is 314 g/mol. The van der Waals surface area contributed by atoms with Crippen LogP contribution in [0.3, 0.4) is 0 Å². The molecule has 1 atom stereocenters. The normalized spacial score (nSPS) is 27.4. The van der Waals surface area contributed by atoms with Crippen molar-refractivity contribution in [3.63, 3.8) is 0 Å². The van der Waals surface area contributed by atoms with Crippen molar-refractivity contribution in [1.82, 2.24) is 5.32 Å². The van der Waals surface area contributed by atoms with Crippen LogP contribution >= 0.6 is 0 Å². The summed E-state index contributed by atoms with van der Waals surface area (Å²) in [6, 6.07) is 6.84. The van der Waals surface area contributed by atoms with Gasteiger partial charge < -0.3 is 19.9 Å². The minimum atomic E-state index is -2.20. The van der Waals surface area contributed by atoms with Gasteiger partial charge in [-0.15, -0.1) is 0 Å². The second kappa shape index (κ2) is 9.13. The van der Waals surface area contributed by atoms with Crippen molar-refractivity contribution in [3.05, 3.63) is 29.8 Å². The summed E-state index contributed by atoms with van der Waals surface area (Å²) < 4.78 is 64.4. The molecule has 4 heteroatoms. The molecule has 0 bridgehead atoms. The number of aliphatic hydroxyl groups is 1. The van der Waals surface area contributed by atoms with Gasteiger partial charge >= 0.3 is 0 Å². The minimum absolute atomic E-state index is 0.122. The molecule has 1 aromatic carbocycles. The third-order valence-corrected chi connectivity index (χ3v) is 2.95. The standard InChI is InChI=1S/C18H29NO3/c1-14(2)19-11-17(20)13-22-18-7-5-15(6-8-18)9-10-21-12-16-3-4-16/h5-8,14,16-17,19-20H,3-4,9-13H2,1-2H3/i3D2,4D2,11D2,16D. The van der Waals surface area contributed by atoms with Crippen molar-refractivity contribution < 1.29 is 24.2 Å². The van der Waals surface area contributed by atoms with E-state index in [9.17, 15) is 5.11 Å². The van der Waals surface area contributed by atoms with E-state index in [2.05, 4.69) is 5.32 Å². The second-order valence-corrected chi connectivity index (χ2v) is 5.45. The fourth-order valence-electron chi connectivity index (χ4n) is 1.71. The molecule has 1 unspecified atom stereocenters. The molecule has 0 saturated heterocycles. The summed E-state index contributed by atoms with van der Waals surface area (Å²) >= 11 is 0. The lowest BCUT2D eigenvalue weighted by Gasteiger charge is -2.15. The summed E-state index contributed by atoms with van der Waals surface area (Å²) in [5, 5.41) is 12.6. The van der Waals surface area contributed by atoms with Gasteiger partial charge in [-0.3, -0.25) is 0 Å². The molecule has 0 heterocycles. The highest BCUT2D eigenvalue weighted by Gasteiger charge is 2.20. The van der Waals surface area contributed by atoms with E-state index in [-0.39, 0.29) is 25.9 Å². The molecule has 124 valence electrons. The number of aliphatic hydroxyl groups excluding tert-OH is 1. The molecule has 1 aliphatic rings. The van der Waals surface area contributed by atoms with Crippen molar-refractivity contribution in [3.8, 4) is 5.75 Å². The van der Waals surface area contributed by atoms with Crippen molar-refractivity contribution in [2.24, 2.45) is 5.89 Å². The topological polar surface area (TPSA) is 50.7 Å². The van der Waals surface area contributed by atoms with Crippen LogP contribution in [0.25, 0.3) is 0 Å². The summed E-state index contributed by atoms with van der Waals surface area (Å²) in [4.78, 5) is 0. The molecule has 2 N–H and O–H groups in total. The van der Waals surface area contributed by atoms with Gasteiger partial charge in [-0.2, -0.15) is 0 Å². The van der Waals surface area contributed by atoms with Crippen LogP contribution in [0.4, 0.5) is 0 Å². The summed E-state index contributed by atoms with van der Waals surface area (Å²) in [5.41, 5.74) is 0.913. The third kappa shape index (κ3) is 7.25. The molecule has 22 heavy (non-hydrogen) atoms. The van der Waals surface area contributed by atoms with Gasteiger partial charge in [0, 0.05) is 28.7 Å². The number of hydrogen-bond donors (Lipinski definition) is 2. The van der Waals surface area contributed by atoms with Crippen molar-refractivity contribution in [1.29, 1.82) is 0 Å². The zero-order valence-electron chi connectivity index (χ0n) is 20.1. The van der Waals surface area contributed by atoms with Crippen LogP contribution in [0.1, 0.15) is 41.8 Å². The molecule has 2 rings (SSSR count). The van der Waals surface area contributed by atoms with E-state index in [0.717, 1.165) is 5.56 Å². The van der Waals surface area contributed by atoms with Gasteiger partial charge in [0.2, 0.25) is 0 Å². The highest BCUT2D eigenvalue weighted by Crippen LogP contribution is 2.28. The van der Waals surface area contributed by atoms with Gasteiger partial charge in [-0.25, -0.2) is 0 Å². The quantitative estimate of drug-likeness (QED) is 0.616. The van der Waals surface area contributed by atoms with E-state index in [1.807, 2.05) is 0 Å². The second-order valence-electron chi connectivity index (χ2n) is 5.45. The first kappa shape index (κ1) is 9.91. The lowest BCUT2D eigenvalue weighted by molar-refractivity contribution is 0.104. The summed E-state index contributed by atoms with van der Waals surface area (Å²) in [7, 11) is 0. The van der Waals surface area contributed by atoms with Crippen molar-refractivity contribution >= 4 is 0 Å². The largest absolute Gasteiger partial charge is 0.491 e. The highest BCUT2D eigenvalue weighted by molar-refractivity contribution is 5.27. The third-order valence-electron chi connectivity index (χ3n) is 2.95. The Kier molecular flexibility index (Phi) is 4.11. The average Bonchev–Trinajstić information content (AvgIpc) is 2.92.